The summed E-state index contributed by atoms with van der Waals surface area (Å²) >= 11 is 5.96. The van der Waals surface area contributed by atoms with Crippen LogP contribution in [0.2, 0.25) is 0 Å². The summed E-state index contributed by atoms with van der Waals surface area (Å²) in [7, 11) is 0. The van der Waals surface area contributed by atoms with Crippen LogP contribution in [-0.4, -0.2) is 39.4 Å². The van der Waals surface area contributed by atoms with Crippen molar-refractivity contribution in [3.05, 3.63) is 106 Å². The van der Waals surface area contributed by atoms with E-state index in [1.54, 1.807) is 24.3 Å². The molecule has 0 spiro atoms. The molecule has 3 aromatic carbocycles. The first kappa shape index (κ1) is 31.4. The molecule has 0 radical (unpaired) electrons. The summed E-state index contributed by atoms with van der Waals surface area (Å²) in [6.07, 6.45) is 7.07. The van der Waals surface area contributed by atoms with Crippen LogP contribution in [0.3, 0.4) is 0 Å². The lowest BCUT2D eigenvalue weighted by Crippen LogP contribution is -2.53. The van der Waals surface area contributed by atoms with Crippen LogP contribution in [0.25, 0.3) is 0 Å². The van der Waals surface area contributed by atoms with Crippen molar-refractivity contribution >= 4 is 23.4 Å². The van der Waals surface area contributed by atoms with E-state index in [1.807, 2.05) is 18.2 Å². The highest BCUT2D eigenvalue weighted by Gasteiger charge is 2.57. The van der Waals surface area contributed by atoms with Crippen LogP contribution in [0, 0.1) is 17.3 Å². The first-order valence-corrected chi connectivity index (χ1v) is 16.8. The zero-order chi connectivity index (χ0) is 32.1. The van der Waals surface area contributed by atoms with Crippen molar-refractivity contribution in [2.24, 2.45) is 17.3 Å². The largest absolute Gasteiger partial charge is 0.507 e. The van der Waals surface area contributed by atoms with Gasteiger partial charge in [0.2, 0.25) is 0 Å². The Hall–Kier alpha value is -3.57. The van der Waals surface area contributed by atoms with Crippen molar-refractivity contribution in [2.75, 3.05) is 12.4 Å². The molecule has 6 heteroatoms. The van der Waals surface area contributed by atoms with Gasteiger partial charge in [-0.05, 0) is 83.2 Å². The Balaban J connectivity index is 1.32. The number of allylic oxidation sites excluding steroid dienone is 1. The van der Waals surface area contributed by atoms with Crippen LogP contribution in [0.4, 0.5) is 0 Å². The van der Waals surface area contributed by atoms with Crippen molar-refractivity contribution in [3.63, 3.8) is 0 Å². The Kier molecular flexibility index (Phi) is 8.36. The summed E-state index contributed by atoms with van der Waals surface area (Å²) in [6, 6.07) is 21.2. The topological polar surface area (TPSA) is 77.8 Å². The molecule has 4 aliphatic rings. The van der Waals surface area contributed by atoms with Crippen LogP contribution in [0.5, 0.6) is 11.5 Å². The number of benzene rings is 3. The maximum Gasteiger partial charge on any atom is 0.261 e. The van der Waals surface area contributed by atoms with Crippen molar-refractivity contribution in [1.82, 2.24) is 4.90 Å². The van der Waals surface area contributed by atoms with Crippen molar-refractivity contribution < 1.29 is 19.8 Å². The number of carbonyl (C=O) groups excluding carboxylic acids is 2. The summed E-state index contributed by atoms with van der Waals surface area (Å²) in [4.78, 5) is 27.8. The average molecular weight is 626 g/mol. The molecule has 1 aliphatic heterocycles. The van der Waals surface area contributed by atoms with Crippen LogP contribution in [-0.2, 0) is 5.41 Å². The number of hydrogen-bond donors (Lipinski definition) is 2. The van der Waals surface area contributed by atoms with Gasteiger partial charge >= 0.3 is 0 Å². The molecule has 1 saturated carbocycles. The Morgan fingerprint density at radius 3 is 2.09 bits per heavy atom. The number of hydrogen-bond acceptors (Lipinski definition) is 4. The summed E-state index contributed by atoms with van der Waals surface area (Å²) in [5.41, 5.74) is 4.11. The molecule has 2 amide bonds. The minimum absolute atomic E-state index is 0.0921. The molecule has 2 N–H and O–H groups in total. The molecule has 4 atom stereocenters. The molecule has 1 unspecified atom stereocenters. The molecule has 2 bridgehead atoms. The number of phenols is 2. The number of alkyl halides is 1. The monoisotopic (exact) mass is 625 g/mol. The fourth-order valence-corrected chi connectivity index (χ4v) is 8.65. The zero-order valence-electron chi connectivity index (χ0n) is 26.7. The predicted molar refractivity (Wildman–Crippen MR) is 179 cm³/mol. The lowest BCUT2D eigenvalue weighted by Gasteiger charge is -2.60. The van der Waals surface area contributed by atoms with Gasteiger partial charge in [-0.15, -0.1) is 11.6 Å². The maximum absolute atomic E-state index is 13.2. The molecule has 0 saturated heterocycles. The minimum Gasteiger partial charge on any atom is -0.507 e. The van der Waals surface area contributed by atoms with Crippen LogP contribution >= 0.6 is 11.6 Å². The minimum atomic E-state index is -0.365. The maximum atomic E-state index is 13.2. The van der Waals surface area contributed by atoms with E-state index in [-0.39, 0.29) is 64.4 Å². The van der Waals surface area contributed by atoms with Gasteiger partial charge in [-0.25, -0.2) is 0 Å². The number of imide groups is 1. The normalized spacial score (nSPS) is 22.6. The van der Waals surface area contributed by atoms with E-state index in [1.165, 1.54) is 10.5 Å². The number of fused-ring (bicyclic) bond motifs is 2. The summed E-state index contributed by atoms with van der Waals surface area (Å²) < 4.78 is 0. The molecule has 3 aliphatic carbocycles. The summed E-state index contributed by atoms with van der Waals surface area (Å²) in [5.74, 6) is 0.735. The van der Waals surface area contributed by atoms with Gasteiger partial charge in [-0.2, -0.15) is 0 Å². The van der Waals surface area contributed by atoms with Gasteiger partial charge in [-0.1, -0.05) is 94.7 Å². The number of carbonyl (C=O) groups is 2. The van der Waals surface area contributed by atoms with Gasteiger partial charge in [0.25, 0.3) is 11.8 Å². The van der Waals surface area contributed by atoms with E-state index in [0.29, 0.717) is 22.6 Å². The highest BCUT2D eigenvalue weighted by molar-refractivity contribution is 6.21. The van der Waals surface area contributed by atoms with Crippen LogP contribution in [0.15, 0.2) is 78.4 Å². The zero-order valence-corrected chi connectivity index (χ0v) is 27.5. The van der Waals surface area contributed by atoms with E-state index in [9.17, 15) is 19.8 Å². The Labute approximate surface area is 271 Å². The lowest BCUT2D eigenvalue weighted by atomic mass is 9.45. The molecular weight excluding hydrogens is 582 g/mol. The molecule has 7 rings (SSSR count). The van der Waals surface area contributed by atoms with Crippen molar-refractivity contribution in [2.45, 2.75) is 77.0 Å². The second-order valence-corrected chi connectivity index (χ2v) is 14.8. The third-order valence-corrected chi connectivity index (χ3v) is 11.5. The fraction of sp³-hybridized carbons (Fsp3) is 0.436. The number of unbranched alkanes of at least 4 members (excludes halogenated alkanes) is 2. The van der Waals surface area contributed by atoms with E-state index >= 15 is 0 Å². The van der Waals surface area contributed by atoms with Gasteiger partial charge < -0.3 is 10.2 Å². The molecule has 3 aromatic rings. The second kappa shape index (κ2) is 12.0. The fourth-order valence-electron chi connectivity index (χ4n) is 8.46. The number of phenolic OH excluding ortho intramolecular Hbond substituents is 2. The molecule has 5 nitrogen and oxygen atoms in total. The highest BCUT2D eigenvalue weighted by Crippen LogP contribution is 2.65. The second-order valence-electron chi connectivity index (χ2n) is 14.4. The molecule has 1 heterocycles. The number of aromatic hydroxyl groups is 2. The lowest BCUT2D eigenvalue weighted by molar-refractivity contribution is -0.0233. The van der Waals surface area contributed by atoms with Crippen LogP contribution in [0.1, 0.15) is 109 Å². The van der Waals surface area contributed by atoms with E-state index in [4.69, 9.17) is 11.6 Å². The van der Waals surface area contributed by atoms with Crippen molar-refractivity contribution in [3.8, 4) is 11.5 Å². The Bertz CT molecular complexity index is 1580. The standard InChI is InChI=1S/C39H44ClNO4/c1-38(2,30(17-9-6-12-18-40)24-13-7-5-8-14-24)26-20-33(42)35(34(43)21-26)29-19-25(31-22-32(29)39(31,3)4)23-41-36(44)27-15-10-11-16-28(27)37(41)45/h5,7-8,10-11,13-16,19-21,29-32,42-43H,6,9,12,17-18,22-23H2,1-4H3/t29-,30?,31+,32-/m0/s1. The van der Waals surface area contributed by atoms with Gasteiger partial charge in [0.15, 0.2) is 0 Å². The third kappa shape index (κ3) is 5.37. The molecule has 236 valence electrons. The highest BCUT2D eigenvalue weighted by atomic mass is 35.5. The smallest absolute Gasteiger partial charge is 0.261 e. The predicted octanol–water partition coefficient (Wildman–Crippen LogP) is 8.94. The van der Waals surface area contributed by atoms with Crippen LogP contribution < -0.4 is 0 Å². The Morgan fingerprint density at radius 2 is 1.51 bits per heavy atom. The summed E-state index contributed by atoms with van der Waals surface area (Å²) in [5, 5.41) is 23.3. The number of rotatable bonds is 11. The molecular formula is C39H44ClNO4. The molecule has 1 fully saturated rings. The number of nitrogens with zero attached hydrogens (tertiary/aromatic N) is 1. The first-order valence-electron chi connectivity index (χ1n) is 16.3. The van der Waals surface area contributed by atoms with E-state index < -0.39 is 0 Å². The van der Waals surface area contributed by atoms with Gasteiger partial charge in [-0.3, -0.25) is 14.5 Å². The van der Waals surface area contributed by atoms with Gasteiger partial charge in [0, 0.05) is 17.4 Å². The van der Waals surface area contributed by atoms with Gasteiger partial charge in [0.05, 0.1) is 17.7 Å². The third-order valence-electron chi connectivity index (χ3n) is 11.3. The van der Waals surface area contributed by atoms with E-state index in [2.05, 4.69) is 58.0 Å². The quantitative estimate of drug-likeness (QED) is 0.0965. The van der Waals surface area contributed by atoms with Crippen molar-refractivity contribution in [1.29, 1.82) is 0 Å². The average Bonchev–Trinajstić information content (AvgIpc) is 3.25. The molecule has 45 heavy (non-hydrogen) atoms. The summed E-state index contributed by atoms with van der Waals surface area (Å²) in [6.45, 7) is 9.04. The SMILES string of the molecule is CC(C)(c1cc(O)c([C@H]2C=C(CN3C(=O)c4ccccc4C3=O)[C@H]3C[C@@H]2C3(C)C)c(O)c1)C(CCCCCCl)c1ccccc1. The van der Waals surface area contributed by atoms with Gasteiger partial charge in [0.1, 0.15) is 11.5 Å². The Morgan fingerprint density at radius 1 is 0.911 bits per heavy atom. The first-order chi connectivity index (χ1) is 21.5. The molecule has 0 aromatic heterocycles. The number of halogens is 1. The number of amides is 2. The van der Waals surface area contributed by atoms with E-state index in [0.717, 1.165) is 43.2 Å².